The van der Waals surface area contributed by atoms with Crippen LogP contribution < -0.4 is 5.73 Å². The van der Waals surface area contributed by atoms with Crippen LogP contribution in [0.15, 0.2) is 30.3 Å². The lowest BCUT2D eigenvalue weighted by atomic mass is 9.98. The lowest BCUT2D eigenvalue weighted by Gasteiger charge is -2.29. The first-order valence-corrected chi connectivity index (χ1v) is 6.41. The van der Waals surface area contributed by atoms with Crippen molar-refractivity contribution in [3.8, 4) is 0 Å². The molecule has 6 nitrogen and oxygen atoms in total. The maximum Gasteiger partial charge on any atom is 0.411 e. The molecule has 3 N–H and O–H groups in total. The summed E-state index contributed by atoms with van der Waals surface area (Å²) >= 11 is 0. The molecule has 0 saturated carbocycles. The van der Waals surface area contributed by atoms with E-state index < -0.39 is 17.6 Å². The Labute approximate surface area is 129 Å². The topological polar surface area (TPSA) is 92.9 Å². The number of aliphatic carboxylic acids is 1. The highest BCUT2D eigenvalue weighted by Gasteiger charge is 2.49. The molecule has 1 aromatic carbocycles. The number of hydrogen-bond acceptors (Lipinski definition) is 4. The maximum absolute atomic E-state index is 12.1. The molecule has 1 fully saturated rings. The first-order valence-electron chi connectivity index (χ1n) is 6.41. The van der Waals surface area contributed by atoms with Gasteiger partial charge in [0.05, 0.1) is 0 Å². The fourth-order valence-corrected chi connectivity index (χ4v) is 2.40. The van der Waals surface area contributed by atoms with E-state index in [0.29, 0.717) is 0 Å². The van der Waals surface area contributed by atoms with E-state index in [4.69, 9.17) is 10.5 Å². The minimum atomic E-state index is -1.30. The Kier molecular flexibility index (Phi) is 5.57. The molecule has 1 aliphatic rings. The van der Waals surface area contributed by atoms with Crippen molar-refractivity contribution in [2.75, 3.05) is 6.54 Å². The molecule has 7 heteroatoms. The molecule has 2 rings (SSSR count). The Hall–Kier alpha value is -1.79. The summed E-state index contributed by atoms with van der Waals surface area (Å²) in [5.41, 5.74) is 5.32. The molecule has 21 heavy (non-hydrogen) atoms. The second-order valence-electron chi connectivity index (χ2n) is 5.19. The maximum atomic E-state index is 12.1. The molecule has 1 saturated heterocycles. The van der Waals surface area contributed by atoms with Gasteiger partial charge in [0.15, 0.2) is 0 Å². The number of halogens is 1. The third-order valence-electron chi connectivity index (χ3n) is 3.56. The van der Waals surface area contributed by atoms with E-state index in [1.807, 2.05) is 30.3 Å². The average molecular weight is 315 g/mol. The zero-order valence-corrected chi connectivity index (χ0v) is 12.5. The summed E-state index contributed by atoms with van der Waals surface area (Å²) in [6, 6.07) is 8.87. The zero-order valence-electron chi connectivity index (χ0n) is 11.7. The highest BCUT2D eigenvalue weighted by atomic mass is 35.5. The van der Waals surface area contributed by atoms with Gasteiger partial charge in [0, 0.05) is 12.6 Å². The van der Waals surface area contributed by atoms with Crippen LogP contribution >= 0.6 is 12.4 Å². The lowest BCUT2D eigenvalue weighted by Crippen LogP contribution is -2.50. The lowest BCUT2D eigenvalue weighted by molar-refractivity contribution is -0.147. The van der Waals surface area contributed by atoms with E-state index >= 15 is 0 Å². The van der Waals surface area contributed by atoms with Crippen molar-refractivity contribution in [2.45, 2.75) is 31.5 Å². The van der Waals surface area contributed by atoms with Crippen molar-refractivity contribution in [3.63, 3.8) is 0 Å². The van der Waals surface area contributed by atoms with E-state index in [9.17, 15) is 14.7 Å². The number of nitrogens with zero attached hydrogens (tertiary/aromatic N) is 1. The number of carboxylic acid groups (broad SMARTS) is 1. The summed E-state index contributed by atoms with van der Waals surface area (Å²) in [6.07, 6.45) is -0.422. The van der Waals surface area contributed by atoms with Crippen LogP contribution in [0.1, 0.15) is 18.9 Å². The van der Waals surface area contributed by atoms with Crippen LogP contribution in [0, 0.1) is 0 Å². The number of likely N-dealkylation sites (tertiary alicyclic amines) is 1. The molecule has 0 radical (unpaired) electrons. The monoisotopic (exact) mass is 314 g/mol. The highest BCUT2D eigenvalue weighted by Crippen LogP contribution is 2.29. The molecule has 116 valence electrons. The second-order valence-corrected chi connectivity index (χ2v) is 5.19. The van der Waals surface area contributed by atoms with Gasteiger partial charge in [-0.05, 0) is 18.9 Å². The van der Waals surface area contributed by atoms with Crippen LogP contribution in [-0.4, -0.2) is 40.2 Å². The number of carbonyl (C=O) groups is 2. The molecular weight excluding hydrogens is 296 g/mol. The zero-order chi connectivity index (χ0) is 14.8. The highest BCUT2D eigenvalue weighted by molar-refractivity contribution is 5.85. The third kappa shape index (κ3) is 3.65. The van der Waals surface area contributed by atoms with E-state index in [1.165, 1.54) is 11.8 Å². The fraction of sp³-hybridized carbons (Fsp3) is 0.429. The predicted octanol–water partition coefficient (Wildman–Crippen LogP) is 1.62. The number of benzene rings is 1. The van der Waals surface area contributed by atoms with Crippen molar-refractivity contribution in [3.05, 3.63) is 35.9 Å². The van der Waals surface area contributed by atoms with Gasteiger partial charge in [-0.1, -0.05) is 30.3 Å². The number of carboxylic acids is 1. The Morgan fingerprint density at radius 3 is 2.62 bits per heavy atom. The van der Waals surface area contributed by atoms with Gasteiger partial charge in [0.25, 0.3) is 0 Å². The van der Waals surface area contributed by atoms with Crippen molar-refractivity contribution >= 4 is 24.5 Å². The van der Waals surface area contributed by atoms with Crippen molar-refractivity contribution < 1.29 is 19.4 Å². The van der Waals surface area contributed by atoms with Crippen LogP contribution in [0.4, 0.5) is 4.79 Å². The van der Waals surface area contributed by atoms with E-state index in [1.54, 1.807) is 0 Å². The van der Waals surface area contributed by atoms with Crippen molar-refractivity contribution in [1.82, 2.24) is 4.90 Å². The quantitative estimate of drug-likeness (QED) is 0.884. The summed E-state index contributed by atoms with van der Waals surface area (Å²) in [6.45, 7) is 1.80. The van der Waals surface area contributed by atoms with Gasteiger partial charge in [-0.3, -0.25) is 4.90 Å². The smallest absolute Gasteiger partial charge is 0.411 e. The van der Waals surface area contributed by atoms with Gasteiger partial charge in [-0.25, -0.2) is 9.59 Å². The number of ether oxygens (including phenoxy) is 1. The molecule has 1 aliphatic heterocycles. The Morgan fingerprint density at radius 1 is 1.43 bits per heavy atom. The summed E-state index contributed by atoms with van der Waals surface area (Å²) in [5.74, 6) is -1.07. The number of hydrogen-bond donors (Lipinski definition) is 2. The minimum absolute atomic E-state index is 0. The summed E-state index contributed by atoms with van der Waals surface area (Å²) in [4.78, 5) is 24.6. The van der Waals surface area contributed by atoms with E-state index in [2.05, 4.69) is 0 Å². The molecule has 0 spiro atoms. The molecule has 1 heterocycles. The average Bonchev–Trinajstić information content (AvgIpc) is 2.74. The van der Waals surface area contributed by atoms with Crippen LogP contribution in [-0.2, 0) is 16.1 Å². The predicted molar refractivity (Wildman–Crippen MR) is 79.2 cm³/mol. The van der Waals surface area contributed by atoms with Crippen LogP contribution in [0.25, 0.3) is 0 Å². The normalized spacial score (nSPS) is 24.3. The van der Waals surface area contributed by atoms with Crippen molar-refractivity contribution in [1.29, 1.82) is 0 Å². The van der Waals surface area contributed by atoms with Gasteiger partial charge in [0.1, 0.15) is 12.1 Å². The molecule has 0 aliphatic carbocycles. The Morgan fingerprint density at radius 2 is 2.05 bits per heavy atom. The number of nitrogens with two attached hydrogens (primary N) is 1. The number of amides is 1. The van der Waals surface area contributed by atoms with E-state index in [0.717, 1.165) is 5.56 Å². The molecular formula is C14H19ClN2O4. The SMILES string of the molecule is CC1(C(=O)O)C[C@H](N)CN1C(=O)OCc1ccccc1.Cl. The Bertz CT molecular complexity index is 511. The van der Waals surface area contributed by atoms with E-state index in [-0.39, 0.29) is 38.0 Å². The van der Waals surface area contributed by atoms with Gasteiger partial charge >= 0.3 is 12.1 Å². The van der Waals surface area contributed by atoms with Gasteiger partial charge in [0.2, 0.25) is 0 Å². The summed E-state index contributed by atoms with van der Waals surface area (Å²) in [7, 11) is 0. The molecule has 0 bridgehead atoms. The first-order chi connectivity index (χ1) is 9.43. The van der Waals surface area contributed by atoms with Crippen LogP contribution in [0.2, 0.25) is 0 Å². The van der Waals surface area contributed by atoms with Crippen LogP contribution in [0.5, 0.6) is 0 Å². The van der Waals surface area contributed by atoms with Crippen molar-refractivity contribution in [2.24, 2.45) is 5.73 Å². The third-order valence-corrected chi connectivity index (χ3v) is 3.56. The molecule has 1 amide bonds. The number of carbonyl (C=O) groups excluding carboxylic acids is 1. The van der Waals surface area contributed by atoms with Crippen LogP contribution in [0.3, 0.4) is 0 Å². The summed E-state index contributed by atoms with van der Waals surface area (Å²) < 4.78 is 5.17. The number of rotatable bonds is 3. The molecule has 1 aromatic rings. The molecule has 2 atom stereocenters. The Balaban J connectivity index is 0.00000220. The molecule has 1 unspecified atom stereocenters. The fourth-order valence-electron chi connectivity index (χ4n) is 2.40. The second kappa shape index (κ2) is 6.78. The van der Waals surface area contributed by atoms with Gasteiger partial charge in [-0.15, -0.1) is 12.4 Å². The largest absolute Gasteiger partial charge is 0.480 e. The minimum Gasteiger partial charge on any atom is -0.480 e. The molecule has 0 aromatic heterocycles. The van der Waals surface area contributed by atoms with Gasteiger partial charge in [-0.2, -0.15) is 0 Å². The first kappa shape index (κ1) is 17.3. The van der Waals surface area contributed by atoms with Gasteiger partial charge < -0.3 is 15.6 Å². The standard InChI is InChI=1S/C14H18N2O4.ClH/c1-14(12(17)18)7-11(15)8-16(14)13(19)20-9-10-5-3-2-4-6-10;/h2-6,11H,7-9,15H2,1H3,(H,17,18);1H/t11-,14?;/m0./s1. The summed E-state index contributed by atoms with van der Waals surface area (Å²) in [5, 5.41) is 9.29.